The number of benzene rings is 1. The quantitative estimate of drug-likeness (QED) is 0.776. The Morgan fingerprint density at radius 1 is 1.38 bits per heavy atom. The van der Waals surface area contributed by atoms with Crippen molar-refractivity contribution in [2.24, 2.45) is 11.7 Å². The molecular formula is C12H16FNO2. The fraction of sp³-hybridized carbons (Fsp3) is 0.417. The second kappa shape index (κ2) is 6.23. The van der Waals surface area contributed by atoms with Crippen LogP contribution in [0.15, 0.2) is 24.3 Å². The van der Waals surface area contributed by atoms with Gasteiger partial charge in [-0.2, -0.15) is 0 Å². The Morgan fingerprint density at radius 3 is 2.50 bits per heavy atom. The van der Waals surface area contributed by atoms with Crippen molar-refractivity contribution in [1.82, 2.24) is 0 Å². The van der Waals surface area contributed by atoms with E-state index in [4.69, 9.17) is 10.8 Å². The van der Waals surface area contributed by atoms with Crippen LogP contribution in [0.5, 0.6) is 0 Å². The topological polar surface area (TPSA) is 63.3 Å². The molecule has 0 aromatic heterocycles. The van der Waals surface area contributed by atoms with Crippen LogP contribution in [0.25, 0.3) is 0 Å². The third kappa shape index (κ3) is 4.40. The summed E-state index contributed by atoms with van der Waals surface area (Å²) in [6, 6.07) is 6.22. The lowest BCUT2D eigenvalue weighted by Crippen LogP contribution is -2.18. The number of hydrogen-bond donors (Lipinski definition) is 2. The van der Waals surface area contributed by atoms with Crippen LogP contribution in [0.3, 0.4) is 0 Å². The predicted molar refractivity (Wildman–Crippen MR) is 59.5 cm³/mol. The van der Waals surface area contributed by atoms with Crippen molar-refractivity contribution in [1.29, 1.82) is 0 Å². The van der Waals surface area contributed by atoms with Gasteiger partial charge >= 0.3 is 5.97 Å². The van der Waals surface area contributed by atoms with E-state index < -0.39 is 5.97 Å². The molecule has 0 spiro atoms. The van der Waals surface area contributed by atoms with E-state index in [1.165, 1.54) is 12.1 Å². The molecule has 0 bridgehead atoms. The van der Waals surface area contributed by atoms with E-state index in [-0.39, 0.29) is 18.2 Å². The molecule has 3 N–H and O–H groups in total. The van der Waals surface area contributed by atoms with Crippen LogP contribution in [0, 0.1) is 11.7 Å². The average Bonchev–Trinajstić information content (AvgIpc) is 2.26. The summed E-state index contributed by atoms with van der Waals surface area (Å²) in [5.41, 5.74) is 6.56. The van der Waals surface area contributed by atoms with Gasteiger partial charge < -0.3 is 10.8 Å². The minimum atomic E-state index is -0.808. The highest BCUT2D eigenvalue weighted by Gasteiger charge is 2.10. The molecule has 0 saturated carbocycles. The molecule has 0 aliphatic carbocycles. The van der Waals surface area contributed by atoms with Gasteiger partial charge in [-0.1, -0.05) is 12.1 Å². The smallest absolute Gasteiger partial charge is 0.303 e. The molecule has 0 aliphatic heterocycles. The highest BCUT2D eigenvalue weighted by molar-refractivity contribution is 5.66. The lowest BCUT2D eigenvalue weighted by molar-refractivity contribution is -0.137. The fourth-order valence-electron chi connectivity index (χ4n) is 1.58. The molecule has 88 valence electrons. The van der Waals surface area contributed by atoms with E-state index in [0.29, 0.717) is 19.4 Å². The zero-order valence-corrected chi connectivity index (χ0v) is 9.03. The molecule has 1 aromatic carbocycles. The van der Waals surface area contributed by atoms with Gasteiger partial charge in [0.05, 0.1) is 0 Å². The molecule has 0 saturated heterocycles. The van der Waals surface area contributed by atoms with Crippen molar-refractivity contribution >= 4 is 5.97 Å². The van der Waals surface area contributed by atoms with Gasteiger partial charge in [0.25, 0.3) is 0 Å². The first-order chi connectivity index (χ1) is 7.61. The molecule has 4 heteroatoms. The van der Waals surface area contributed by atoms with Gasteiger partial charge in [0.15, 0.2) is 0 Å². The molecule has 0 radical (unpaired) electrons. The Hall–Kier alpha value is -1.42. The van der Waals surface area contributed by atoms with Gasteiger partial charge in [-0.15, -0.1) is 0 Å². The number of carbonyl (C=O) groups is 1. The lowest BCUT2D eigenvalue weighted by Gasteiger charge is -2.13. The summed E-state index contributed by atoms with van der Waals surface area (Å²) in [5, 5.41) is 8.57. The van der Waals surface area contributed by atoms with Crippen molar-refractivity contribution in [3.63, 3.8) is 0 Å². The highest BCUT2D eigenvalue weighted by atomic mass is 19.1. The first kappa shape index (κ1) is 12.6. The molecule has 0 fully saturated rings. The van der Waals surface area contributed by atoms with Gasteiger partial charge in [0.1, 0.15) is 5.82 Å². The van der Waals surface area contributed by atoms with Crippen molar-refractivity contribution in [2.75, 3.05) is 6.54 Å². The number of carboxylic acids is 1. The minimum Gasteiger partial charge on any atom is -0.481 e. The summed E-state index contributed by atoms with van der Waals surface area (Å²) < 4.78 is 12.7. The van der Waals surface area contributed by atoms with Gasteiger partial charge in [-0.05, 0) is 43.0 Å². The van der Waals surface area contributed by atoms with Crippen LogP contribution >= 0.6 is 0 Å². The first-order valence-corrected chi connectivity index (χ1v) is 5.28. The molecule has 16 heavy (non-hydrogen) atoms. The average molecular weight is 225 g/mol. The summed E-state index contributed by atoms with van der Waals surface area (Å²) in [6.45, 7) is 0.449. The van der Waals surface area contributed by atoms with E-state index in [1.807, 2.05) is 0 Å². The van der Waals surface area contributed by atoms with Crippen LogP contribution in [-0.2, 0) is 11.2 Å². The second-order valence-electron chi connectivity index (χ2n) is 3.86. The van der Waals surface area contributed by atoms with Crippen LogP contribution in [0.4, 0.5) is 4.39 Å². The van der Waals surface area contributed by atoms with Gasteiger partial charge in [-0.3, -0.25) is 4.79 Å². The SMILES string of the molecule is NCC(CCC(=O)O)Cc1ccc(F)cc1. The van der Waals surface area contributed by atoms with E-state index >= 15 is 0 Å². The molecular weight excluding hydrogens is 209 g/mol. The third-order valence-electron chi connectivity index (χ3n) is 2.54. The molecule has 0 aliphatic rings. The monoisotopic (exact) mass is 225 g/mol. The molecule has 0 amide bonds. The summed E-state index contributed by atoms with van der Waals surface area (Å²) in [6.07, 6.45) is 1.39. The van der Waals surface area contributed by atoms with Crippen molar-refractivity contribution in [2.45, 2.75) is 19.3 Å². The molecule has 1 atom stereocenters. The molecule has 1 aromatic rings. The largest absolute Gasteiger partial charge is 0.481 e. The van der Waals surface area contributed by atoms with E-state index in [0.717, 1.165) is 5.56 Å². The lowest BCUT2D eigenvalue weighted by atomic mass is 9.95. The second-order valence-corrected chi connectivity index (χ2v) is 3.86. The summed E-state index contributed by atoms with van der Waals surface area (Å²) in [7, 11) is 0. The minimum absolute atomic E-state index is 0.128. The molecule has 1 unspecified atom stereocenters. The number of aliphatic carboxylic acids is 1. The van der Waals surface area contributed by atoms with Crippen molar-refractivity contribution < 1.29 is 14.3 Å². The zero-order chi connectivity index (χ0) is 12.0. The Balaban J connectivity index is 2.49. The summed E-state index contributed by atoms with van der Waals surface area (Å²) >= 11 is 0. The standard InChI is InChI=1S/C12H16FNO2/c13-11-4-1-9(2-5-11)7-10(8-14)3-6-12(15)16/h1-2,4-5,10H,3,6-8,14H2,(H,15,16). The molecule has 1 rings (SSSR count). The maximum atomic E-state index is 12.7. The molecule has 0 heterocycles. The van der Waals surface area contributed by atoms with Gasteiger partial charge in [0.2, 0.25) is 0 Å². The van der Waals surface area contributed by atoms with E-state index in [1.54, 1.807) is 12.1 Å². The van der Waals surface area contributed by atoms with Crippen LogP contribution < -0.4 is 5.73 Å². The summed E-state index contributed by atoms with van der Waals surface area (Å²) in [4.78, 5) is 10.4. The third-order valence-corrected chi connectivity index (χ3v) is 2.54. The van der Waals surface area contributed by atoms with Crippen LogP contribution in [0.2, 0.25) is 0 Å². The number of nitrogens with two attached hydrogens (primary N) is 1. The van der Waals surface area contributed by atoms with E-state index in [9.17, 15) is 9.18 Å². The van der Waals surface area contributed by atoms with E-state index in [2.05, 4.69) is 0 Å². The number of hydrogen-bond acceptors (Lipinski definition) is 2. The van der Waals surface area contributed by atoms with Crippen LogP contribution in [0.1, 0.15) is 18.4 Å². The van der Waals surface area contributed by atoms with Crippen molar-refractivity contribution in [3.8, 4) is 0 Å². The Bertz CT molecular complexity index is 337. The Labute approximate surface area is 94.1 Å². The van der Waals surface area contributed by atoms with Gasteiger partial charge in [0, 0.05) is 6.42 Å². The molecule has 3 nitrogen and oxygen atoms in total. The zero-order valence-electron chi connectivity index (χ0n) is 9.03. The highest BCUT2D eigenvalue weighted by Crippen LogP contribution is 2.13. The fourth-order valence-corrected chi connectivity index (χ4v) is 1.58. The van der Waals surface area contributed by atoms with Gasteiger partial charge in [-0.25, -0.2) is 4.39 Å². The summed E-state index contributed by atoms with van der Waals surface area (Å²) in [5.74, 6) is -0.933. The number of halogens is 1. The Morgan fingerprint density at radius 2 is 2.00 bits per heavy atom. The predicted octanol–water partition coefficient (Wildman–Crippen LogP) is 1.81. The Kier molecular flexibility index (Phi) is 4.92. The normalized spacial score (nSPS) is 12.4. The maximum absolute atomic E-state index is 12.7. The maximum Gasteiger partial charge on any atom is 0.303 e. The number of rotatable bonds is 6. The first-order valence-electron chi connectivity index (χ1n) is 5.28. The number of carboxylic acid groups (broad SMARTS) is 1. The van der Waals surface area contributed by atoms with Crippen molar-refractivity contribution in [3.05, 3.63) is 35.6 Å². The van der Waals surface area contributed by atoms with Crippen LogP contribution in [-0.4, -0.2) is 17.6 Å².